The third kappa shape index (κ3) is 4.52. The van der Waals surface area contributed by atoms with Crippen LogP contribution in [0.15, 0.2) is 48.6 Å². The van der Waals surface area contributed by atoms with Gasteiger partial charge in [-0.05, 0) is 48.6 Å². The summed E-state index contributed by atoms with van der Waals surface area (Å²) in [5.41, 5.74) is 0.969. The first-order valence-corrected chi connectivity index (χ1v) is 11.2. The molecule has 1 aromatic rings. The van der Waals surface area contributed by atoms with Gasteiger partial charge in [-0.3, -0.25) is 0 Å². The number of allylic oxidation sites excluding steroid dienone is 2. The molecular formula is C26H38O3. The fourth-order valence-corrected chi connectivity index (χ4v) is 4.91. The Kier molecular flexibility index (Phi) is 6.72. The van der Waals surface area contributed by atoms with Crippen LogP contribution in [0.2, 0.25) is 0 Å². The second-order valence-corrected chi connectivity index (χ2v) is 10.3. The Bertz CT molecular complexity index is 719. The smallest absolute Gasteiger partial charge is 0.0871 e. The summed E-state index contributed by atoms with van der Waals surface area (Å²) in [4.78, 5) is 0. The van der Waals surface area contributed by atoms with Gasteiger partial charge in [0.15, 0.2) is 0 Å². The first-order valence-electron chi connectivity index (χ1n) is 11.2. The molecular weight excluding hydrogens is 360 g/mol. The van der Waals surface area contributed by atoms with Gasteiger partial charge >= 0.3 is 0 Å². The van der Waals surface area contributed by atoms with Crippen LogP contribution < -0.4 is 0 Å². The third-order valence-corrected chi connectivity index (χ3v) is 6.98. The minimum absolute atomic E-state index is 0.00465. The van der Waals surface area contributed by atoms with Gasteiger partial charge in [-0.2, -0.15) is 0 Å². The van der Waals surface area contributed by atoms with Crippen molar-refractivity contribution in [3.8, 4) is 0 Å². The molecule has 0 radical (unpaired) electrons. The van der Waals surface area contributed by atoms with Crippen molar-refractivity contribution in [2.45, 2.75) is 83.3 Å². The van der Waals surface area contributed by atoms with Crippen LogP contribution in [-0.2, 0) is 5.41 Å². The van der Waals surface area contributed by atoms with Crippen molar-refractivity contribution in [1.82, 2.24) is 0 Å². The van der Waals surface area contributed by atoms with Crippen molar-refractivity contribution in [3.05, 3.63) is 59.7 Å². The van der Waals surface area contributed by atoms with E-state index in [0.717, 1.165) is 49.7 Å². The molecule has 2 atom stereocenters. The summed E-state index contributed by atoms with van der Waals surface area (Å²) in [5, 5.41) is 32.7. The second kappa shape index (κ2) is 8.75. The maximum atomic E-state index is 11.4. The Hall–Kier alpha value is -1.42. The van der Waals surface area contributed by atoms with Crippen LogP contribution in [0.3, 0.4) is 0 Å². The average Bonchev–Trinajstić information content (AvgIpc) is 2.67. The summed E-state index contributed by atoms with van der Waals surface area (Å²) in [5.74, 6) is 0. The van der Waals surface area contributed by atoms with E-state index in [1.54, 1.807) is 0 Å². The molecule has 0 aromatic heterocycles. The first-order chi connectivity index (χ1) is 13.7. The van der Waals surface area contributed by atoms with Gasteiger partial charge in [0.2, 0.25) is 0 Å². The van der Waals surface area contributed by atoms with Gasteiger partial charge in [0.25, 0.3) is 0 Å². The lowest BCUT2D eigenvalue weighted by Gasteiger charge is -2.46. The highest BCUT2D eigenvalue weighted by atomic mass is 16.3. The highest BCUT2D eigenvalue weighted by Crippen LogP contribution is 2.52. The van der Waals surface area contributed by atoms with Crippen LogP contribution >= 0.6 is 0 Å². The number of benzene rings is 1. The maximum Gasteiger partial charge on any atom is 0.0871 e. The van der Waals surface area contributed by atoms with E-state index in [9.17, 15) is 15.3 Å². The predicted octanol–water partition coefficient (Wildman–Crippen LogP) is 5.21. The molecule has 0 spiro atoms. The maximum absolute atomic E-state index is 11.4. The van der Waals surface area contributed by atoms with Gasteiger partial charge in [0.05, 0.1) is 24.2 Å². The molecule has 1 fully saturated rings. The van der Waals surface area contributed by atoms with Crippen molar-refractivity contribution in [2.75, 3.05) is 6.61 Å². The van der Waals surface area contributed by atoms with Crippen LogP contribution in [0.5, 0.6) is 0 Å². The van der Waals surface area contributed by atoms with E-state index in [1.807, 2.05) is 24.3 Å². The van der Waals surface area contributed by atoms with Gasteiger partial charge < -0.3 is 15.3 Å². The van der Waals surface area contributed by atoms with E-state index in [0.29, 0.717) is 6.42 Å². The zero-order valence-electron chi connectivity index (χ0n) is 18.3. The summed E-state index contributed by atoms with van der Waals surface area (Å²) in [6.45, 7) is 6.69. The largest absolute Gasteiger partial charge is 0.396 e. The highest BCUT2D eigenvalue weighted by Gasteiger charge is 2.46. The quantitative estimate of drug-likeness (QED) is 0.527. The molecule has 0 saturated heterocycles. The fourth-order valence-electron chi connectivity index (χ4n) is 4.91. The Morgan fingerprint density at radius 2 is 1.69 bits per heavy atom. The van der Waals surface area contributed by atoms with Crippen molar-refractivity contribution < 1.29 is 15.3 Å². The molecule has 0 aliphatic heterocycles. The van der Waals surface area contributed by atoms with E-state index in [4.69, 9.17) is 0 Å². The first kappa shape index (κ1) is 22.3. The fraction of sp³-hybridized carbons (Fsp3) is 0.615. The van der Waals surface area contributed by atoms with Gasteiger partial charge in [-0.1, -0.05) is 82.2 Å². The summed E-state index contributed by atoms with van der Waals surface area (Å²) in [6, 6.07) is 7.94. The van der Waals surface area contributed by atoms with Gasteiger partial charge in [-0.15, -0.1) is 0 Å². The third-order valence-electron chi connectivity index (χ3n) is 6.98. The zero-order chi connectivity index (χ0) is 21.1. The number of aliphatic hydroxyl groups is 3. The monoisotopic (exact) mass is 398 g/mol. The summed E-state index contributed by atoms with van der Waals surface area (Å²) < 4.78 is 0. The lowest BCUT2D eigenvalue weighted by Crippen LogP contribution is -2.42. The van der Waals surface area contributed by atoms with Crippen molar-refractivity contribution >= 4 is 0 Å². The summed E-state index contributed by atoms with van der Waals surface area (Å²) >= 11 is 0. The van der Waals surface area contributed by atoms with Gasteiger partial charge in [-0.25, -0.2) is 0 Å². The standard InChI is InChI=1S/C26H38O3/c1-24(2,3)14-9-13-22(28)26(17-7-4-8-18-26)21-12-6-5-11-20(21)23(29)25(19-27)15-10-16-25/h5-8,11-12,17-18,22-23,27-29H,4,9-10,13-16,19H2,1-3H3. The molecule has 2 unspecified atom stereocenters. The minimum atomic E-state index is -0.722. The van der Waals surface area contributed by atoms with E-state index >= 15 is 0 Å². The van der Waals surface area contributed by atoms with Crippen molar-refractivity contribution in [3.63, 3.8) is 0 Å². The highest BCUT2D eigenvalue weighted by molar-refractivity contribution is 5.47. The number of hydrogen-bond donors (Lipinski definition) is 3. The number of aliphatic hydroxyl groups excluding tert-OH is 3. The zero-order valence-corrected chi connectivity index (χ0v) is 18.3. The molecule has 3 N–H and O–H groups in total. The number of hydrogen-bond acceptors (Lipinski definition) is 3. The van der Waals surface area contributed by atoms with Crippen LogP contribution in [0.25, 0.3) is 0 Å². The normalized spacial score (nSPS) is 22.1. The molecule has 2 aliphatic carbocycles. The average molecular weight is 399 g/mol. The van der Waals surface area contributed by atoms with Crippen LogP contribution in [0, 0.1) is 10.8 Å². The lowest BCUT2D eigenvalue weighted by molar-refractivity contribution is -0.0743. The molecule has 0 heterocycles. The molecule has 2 aliphatic rings. The predicted molar refractivity (Wildman–Crippen MR) is 119 cm³/mol. The molecule has 0 amide bonds. The molecule has 29 heavy (non-hydrogen) atoms. The Balaban J connectivity index is 1.95. The minimum Gasteiger partial charge on any atom is -0.396 e. The molecule has 3 nitrogen and oxygen atoms in total. The molecule has 1 saturated carbocycles. The molecule has 0 bridgehead atoms. The van der Waals surface area contributed by atoms with E-state index in [2.05, 4.69) is 45.1 Å². The Labute approximate surface area is 176 Å². The molecule has 160 valence electrons. The molecule has 1 aromatic carbocycles. The molecule has 3 heteroatoms. The van der Waals surface area contributed by atoms with Crippen LogP contribution in [0.1, 0.15) is 82.9 Å². The van der Waals surface area contributed by atoms with E-state index < -0.39 is 23.0 Å². The van der Waals surface area contributed by atoms with E-state index in [-0.39, 0.29) is 12.0 Å². The topological polar surface area (TPSA) is 60.7 Å². The van der Waals surface area contributed by atoms with Gasteiger partial charge in [0.1, 0.15) is 0 Å². The van der Waals surface area contributed by atoms with Gasteiger partial charge in [0, 0.05) is 5.41 Å². The number of rotatable bonds is 8. The summed E-state index contributed by atoms with van der Waals surface area (Å²) in [7, 11) is 0. The summed E-state index contributed by atoms with van der Waals surface area (Å²) in [6.07, 6.45) is 13.5. The Morgan fingerprint density at radius 1 is 1.03 bits per heavy atom. The van der Waals surface area contributed by atoms with Crippen LogP contribution in [-0.4, -0.2) is 28.0 Å². The Morgan fingerprint density at radius 3 is 2.24 bits per heavy atom. The lowest BCUT2D eigenvalue weighted by atomic mass is 9.61. The molecule has 3 rings (SSSR count). The van der Waals surface area contributed by atoms with Crippen molar-refractivity contribution in [1.29, 1.82) is 0 Å². The van der Waals surface area contributed by atoms with Crippen molar-refractivity contribution in [2.24, 2.45) is 10.8 Å². The van der Waals surface area contributed by atoms with E-state index in [1.165, 1.54) is 0 Å². The second-order valence-electron chi connectivity index (χ2n) is 10.3. The van der Waals surface area contributed by atoms with Crippen LogP contribution in [0.4, 0.5) is 0 Å². The SMILES string of the molecule is CC(C)(C)CCCC(O)C1(c2ccccc2C(O)C2(CO)CCC2)C=CCC=C1.